The van der Waals surface area contributed by atoms with Gasteiger partial charge in [0.05, 0.1) is 102 Å². The highest BCUT2D eigenvalue weighted by Crippen LogP contribution is 2.44. The summed E-state index contributed by atoms with van der Waals surface area (Å²) in [5, 5.41) is 25.7. The van der Waals surface area contributed by atoms with E-state index in [0.717, 1.165) is 151 Å². The second-order valence-corrected chi connectivity index (χ2v) is 22.4. The van der Waals surface area contributed by atoms with E-state index >= 15 is 0 Å². The van der Waals surface area contributed by atoms with Crippen LogP contribution in [-0.4, -0.2) is 29.1 Å². The first-order chi connectivity index (χ1) is 44.5. The van der Waals surface area contributed by atoms with Crippen molar-refractivity contribution in [3.8, 4) is 125 Å². The molecule has 90 heavy (non-hydrogen) atoms. The van der Waals surface area contributed by atoms with Crippen LogP contribution in [0.2, 0.25) is 0 Å². The Morgan fingerprint density at radius 3 is 0.833 bits per heavy atom. The Bertz CT molecular complexity index is 5280. The van der Waals surface area contributed by atoms with E-state index in [1.165, 1.54) is 0 Å². The molecule has 0 unspecified atom stereocenters. The highest BCUT2D eigenvalue weighted by molar-refractivity contribution is 6.14. The summed E-state index contributed by atoms with van der Waals surface area (Å²) in [6, 6.07) is 109. The fourth-order valence-corrected chi connectivity index (χ4v) is 12.7. The summed E-state index contributed by atoms with van der Waals surface area (Å²) in [5.41, 5.74) is 22.7. The zero-order valence-corrected chi connectivity index (χ0v) is 48.4. The number of pyridine rings is 4. The van der Waals surface area contributed by atoms with E-state index in [2.05, 4.69) is 221 Å². The molecule has 8 heteroatoms. The van der Waals surface area contributed by atoms with Gasteiger partial charge in [-0.25, -0.2) is 19.9 Å². The van der Waals surface area contributed by atoms with Gasteiger partial charge in [-0.15, -0.1) is 0 Å². The fourth-order valence-electron chi connectivity index (χ4n) is 12.7. The third-order valence-corrected chi connectivity index (χ3v) is 17.0. The predicted molar refractivity (Wildman–Crippen MR) is 365 cm³/mol. The second-order valence-electron chi connectivity index (χ2n) is 22.4. The average Bonchev–Trinajstić information content (AvgIpc) is 1.56. The van der Waals surface area contributed by atoms with Crippen LogP contribution < -0.4 is 0 Å². The van der Waals surface area contributed by atoms with Crippen LogP contribution in [0.15, 0.2) is 303 Å². The molecule has 0 aliphatic carbocycles. The zero-order valence-electron chi connectivity index (χ0n) is 48.4. The van der Waals surface area contributed by atoms with Crippen LogP contribution in [0.3, 0.4) is 0 Å². The molecule has 6 aromatic heterocycles. The summed E-state index contributed by atoms with van der Waals surface area (Å²) in [7, 11) is 0. The minimum absolute atomic E-state index is 0.454. The van der Waals surface area contributed by atoms with Crippen LogP contribution in [0.1, 0.15) is 11.1 Å². The van der Waals surface area contributed by atoms with Crippen molar-refractivity contribution in [2.24, 2.45) is 0 Å². The van der Waals surface area contributed by atoms with Gasteiger partial charge in [-0.05, 0) is 127 Å². The fraction of sp³-hybridized carbons (Fsp3) is 0. The van der Waals surface area contributed by atoms with Gasteiger partial charge in [0, 0.05) is 71.6 Å². The minimum atomic E-state index is 0.454. The molecule has 10 aromatic carbocycles. The number of hydrogen-bond donors (Lipinski definition) is 0. The molecule has 0 spiro atoms. The lowest BCUT2D eigenvalue weighted by molar-refractivity contribution is 1.09. The van der Waals surface area contributed by atoms with Crippen molar-refractivity contribution in [3.63, 3.8) is 0 Å². The molecule has 0 saturated heterocycles. The lowest BCUT2D eigenvalue weighted by atomic mass is 9.96. The highest BCUT2D eigenvalue weighted by atomic mass is 15.1. The maximum atomic E-state index is 11.5. The molecule has 0 N–H and O–H groups in total. The van der Waals surface area contributed by atoms with Crippen molar-refractivity contribution < 1.29 is 0 Å². The molecule has 0 saturated carbocycles. The molecule has 0 aliphatic heterocycles. The van der Waals surface area contributed by atoms with E-state index in [-0.39, 0.29) is 0 Å². The van der Waals surface area contributed by atoms with E-state index in [1.54, 1.807) is 6.07 Å². The van der Waals surface area contributed by atoms with Gasteiger partial charge >= 0.3 is 0 Å². The van der Waals surface area contributed by atoms with Crippen molar-refractivity contribution >= 4 is 43.6 Å². The van der Waals surface area contributed by atoms with Gasteiger partial charge < -0.3 is 9.13 Å². The van der Waals surface area contributed by atoms with E-state index in [0.29, 0.717) is 16.7 Å². The zero-order chi connectivity index (χ0) is 60.1. The molecule has 0 fully saturated rings. The molecule has 16 aromatic rings. The van der Waals surface area contributed by atoms with Crippen molar-refractivity contribution in [1.29, 1.82) is 10.5 Å². The Hall–Kier alpha value is -12.6. The van der Waals surface area contributed by atoms with Gasteiger partial charge in [0.15, 0.2) is 0 Å². The third-order valence-electron chi connectivity index (χ3n) is 17.0. The Morgan fingerprint density at radius 2 is 0.522 bits per heavy atom. The van der Waals surface area contributed by atoms with Crippen molar-refractivity contribution in [1.82, 2.24) is 29.1 Å². The maximum Gasteiger partial charge on any atom is 0.0998 e. The lowest BCUT2D eigenvalue weighted by Crippen LogP contribution is -2.05. The molecule has 418 valence electrons. The van der Waals surface area contributed by atoms with Gasteiger partial charge in [0.25, 0.3) is 0 Å². The first-order valence-electron chi connectivity index (χ1n) is 29.9. The molecule has 16 rings (SSSR count). The standard InChI is InChI=1S/C82H50N8/c83-51-53-18-13-27-58(44-53)64-50-82(90-79-42-38-61(75-34-16-30-71(87-75)56-23-9-3-10-24-56)47-67(79)68-48-62(39-43-80(68)90)76-35-17-31-72(88-76)57-25-11-4-12-26-57)81(49-63(64)52-84)89-77-40-36-59(73-32-14-28-69(85-73)54-19-5-1-6-20-54)45-65(77)66-46-60(37-41-78(66)89)74-33-15-29-70(86-74)55-21-7-2-8-22-55/h1-50H. The van der Waals surface area contributed by atoms with Crippen molar-refractivity contribution in [3.05, 3.63) is 314 Å². The Labute approximate surface area is 519 Å². The molecule has 0 atom stereocenters. The molecular formula is C82H50N8. The number of rotatable bonds is 11. The van der Waals surface area contributed by atoms with E-state index in [1.807, 2.05) is 97.1 Å². The van der Waals surface area contributed by atoms with Crippen molar-refractivity contribution in [2.75, 3.05) is 0 Å². The van der Waals surface area contributed by atoms with Gasteiger partial charge in [-0.1, -0.05) is 182 Å². The average molecular weight is 1150 g/mol. The summed E-state index contributed by atoms with van der Waals surface area (Å²) in [5.74, 6) is 0. The van der Waals surface area contributed by atoms with Crippen LogP contribution >= 0.6 is 0 Å². The Kier molecular flexibility index (Phi) is 13.1. The van der Waals surface area contributed by atoms with E-state index in [9.17, 15) is 10.5 Å². The molecule has 0 bridgehead atoms. The Morgan fingerprint density at radius 1 is 0.233 bits per heavy atom. The number of fused-ring (bicyclic) bond motifs is 6. The summed E-state index contributed by atoms with van der Waals surface area (Å²) >= 11 is 0. The number of nitrogens with zero attached hydrogens (tertiary/aromatic N) is 8. The Balaban J connectivity index is 0.971. The first kappa shape index (κ1) is 52.9. The van der Waals surface area contributed by atoms with Gasteiger partial charge in [-0.3, -0.25) is 0 Å². The van der Waals surface area contributed by atoms with E-state index < -0.39 is 0 Å². The predicted octanol–water partition coefficient (Wildman–Crippen LogP) is 20.2. The summed E-state index contributed by atoms with van der Waals surface area (Å²) in [6.07, 6.45) is 0. The number of benzene rings is 10. The van der Waals surface area contributed by atoms with Crippen LogP contribution in [0.25, 0.3) is 156 Å². The first-order valence-corrected chi connectivity index (χ1v) is 29.9. The monoisotopic (exact) mass is 1150 g/mol. The van der Waals surface area contributed by atoms with Gasteiger partial charge in [0.2, 0.25) is 0 Å². The molecule has 8 nitrogen and oxygen atoms in total. The quantitative estimate of drug-likeness (QED) is 0.128. The molecular weight excluding hydrogens is 1100 g/mol. The van der Waals surface area contributed by atoms with Gasteiger partial charge in [0.1, 0.15) is 0 Å². The van der Waals surface area contributed by atoms with Crippen LogP contribution in [0, 0.1) is 22.7 Å². The maximum absolute atomic E-state index is 11.5. The third kappa shape index (κ3) is 9.51. The largest absolute Gasteiger partial charge is 0.307 e. The highest BCUT2D eigenvalue weighted by Gasteiger charge is 2.25. The lowest BCUT2D eigenvalue weighted by Gasteiger charge is -2.20. The molecule has 0 radical (unpaired) electrons. The van der Waals surface area contributed by atoms with Crippen LogP contribution in [0.4, 0.5) is 0 Å². The number of aromatic nitrogens is 6. The smallest absolute Gasteiger partial charge is 0.0998 e. The van der Waals surface area contributed by atoms with Gasteiger partial charge in [-0.2, -0.15) is 10.5 Å². The number of hydrogen-bond acceptors (Lipinski definition) is 6. The van der Waals surface area contributed by atoms with Crippen molar-refractivity contribution in [2.45, 2.75) is 0 Å². The van der Waals surface area contributed by atoms with E-state index in [4.69, 9.17) is 19.9 Å². The number of nitriles is 2. The second kappa shape index (κ2) is 22.3. The minimum Gasteiger partial charge on any atom is -0.307 e. The van der Waals surface area contributed by atoms with Crippen LogP contribution in [0.5, 0.6) is 0 Å². The summed E-state index contributed by atoms with van der Waals surface area (Å²) in [4.78, 5) is 21.0. The summed E-state index contributed by atoms with van der Waals surface area (Å²) in [6.45, 7) is 0. The molecule has 6 heterocycles. The molecule has 0 aliphatic rings. The molecule has 0 amide bonds. The van der Waals surface area contributed by atoms with Crippen LogP contribution in [-0.2, 0) is 0 Å². The SMILES string of the molecule is N#Cc1cccc(-c2cc(-n3c4ccc(-c5cccc(-c6ccccc6)n5)cc4c4cc(-c5cccc(-c6ccccc6)n5)ccc43)c(-n3c4ccc(-c5cccc(-c6ccccc6)n5)cc4c4cc(-c5cccc(-c6ccccc6)n5)ccc43)cc2C#N)c1. The summed E-state index contributed by atoms with van der Waals surface area (Å²) < 4.78 is 4.65. The normalized spacial score (nSPS) is 11.3. The topological polar surface area (TPSA) is 109 Å².